The summed E-state index contributed by atoms with van der Waals surface area (Å²) < 4.78 is 1.21. The van der Waals surface area contributed by atoms with Gasteiger partial charge in [-0.1, -0.05) is 12.1 Å². The third-order valence-corrected chi connectivity index (χ3v) is 3.54. The van der Waals surface area contributed by atoms with Crippen LogP contribution in [0.15, 0.2) is 42.5 Å². The molecule has 2 aromatic rings. The minimum Gasteiger partial charge on any atom is -0.478 e. The van der Waals surface area contributed by atoms with E-state index < -0.39 is 5.97 Å². The Bertz CT molecular complexity index is 594. The highest BCUT2D eigenvalue weighted by molar-refractivity contribution is 14.1. The standard InChI is InChI=1S/C15H14INO2/c1-10-8-13(16)6-7-14(10)17-9-11-2-4-12(5-3-11)15(18)19/h2-8,17H,9H2,1H3,(H,18,19). The number of benzene rings is 2. The average Bonchev–Trinajstić information content (AvgIpc) is 2.38. The fourth-order valence-electron chi connectivity index (χ4n) is 1.79. The summed E-state index contributed by atoms with van der Waals surface area (Å²) in [6.07, 6.45) is 0. The van der Waals surface area contributed by atoms with E-state index in [0.29, 0.717) is 12.1 Å². The molecule has 0 saturated carbocycles. The molecule has 2 aromatic carbocycles. The monoisotopic (exact) mass is 367 g/mol. The summed E-state index contributed by atoms with van der Waals surface area (Å²) in [5, 5.41) is 12.2. The maximum atomic E-state index is 10.8. The van der Waals surface area contributed by atoms with Crippen molar-refractivity contribution in [2.45, 2.75) is 13.5 Å². The van der Waals surface area contributed by atoms with Crippen LogP contribution in [-0.4, -0.2) is 11.1 Å². The average molecular weight is 367 g/mol. The van der Waals surface area contributed by atoms with E-state index in [0.717, 1.165) is 11.3 Å². The number of hydrogen-bond acceptors (Lipinski definition) is 2. The quantitative estimate of drug-likeness (QED) is 0.806. The molecule has 0 aliphatic heterocycles. The zero-order chi connectivity index (χ0) is 13.8. The molecule has 4 heteroatoms. The Morgan fingerprint density at radius 3 is 2.47 bits per heavy atom. The lowest BCUT2D eigenvalue weighted by atomic mass is 10.1. The highest BCUT2D eigenvalue weighted by Gasteiger charge is 2.02. The number of nitrogens with one attached hydrogen (secondary N) is 1. The SMILES string of the molecule is Cc1cc(I)ccc1NCc1ccc(C(=O)O)cc1. The normalized spacial score (nSPS) is 10.2. The van der Waals surface area contributed by atoms with E-state index >= 15 is 0 Å². The van der Waals surface area contributed by atoms with Gasteiger partial charge in [0.25, 0.3) is 0 Å². The predicted molar refractivity (Wildman–Crippen MR) is 84.6 cm³/mol. The summed E-state index contributed by atoms with van der Waals surface area (Å²) in [7, 11) is 0. The number of aromatic carboxylic acids is 1. The zero-order valence-electron chi connectivity index (χ0n) is 10.5. The van der Waals surface area contributed by atoms with Crippen LogP contribution in [0.3, 0.4) is 0 Å². The molecule has 0 bridgehead atoms. The Morgan fingerprint density at radius 1 is 1.21 bits per heavy atom. The van der Waals surface area contributed by atoms with E-state index in [4.69, 9.17) is 5.11 Å². The van der Waals surface area contributed by atoms with E-state index in [1.807, 2.05) is 12.1 Å². The van der Waals surface area contributed by atoms with Gasteiger partial charge in [-0.25, -0.2) is 4.79 Å². The number of carboxylic acids is 1. The Balaban J connectivity index is 2.04. The van der Waals surface area contributed by atoms with E-state index in [1.54, 1.807) is 12.1 Å². The van der Waals surface area contributed by atoms with Crippen molar-refractivity contribution in [1.82, 2.24) is 0 Å². The van der Waals surface area contributed by atoms with Crippen LogP contribution in [0.5, 0.6) is 0 Å². The van der Waals surface area contributed by atoms with Gasteiger partial charge in [0.05, 0.1) is 5.56 Å². The molecule has 0 fully saturated rings. The van der Waals surface area contributed by atoms with Gasteiger partial charge in [-0.2, -0.15) is 0 Å². The largest absolute Gasteiger partial charge is 0.478 e. The first-order chi connectivity index (χ1) is 9.06. The number of carbonyl (C=O) groups is 1. The molecule has 0 amide bonds. The molecule has 0 aliphatic carbocycles. The predicted octanol–water partition coefficient (Wildman–Crippen LogP) is 3.91. The summed E-state index contributed by atoms with van der Waals surface area (Å²) in [6.45, 7) is 2.75. The Morgan fingerprint density at radius 2 is 1.89 bits per heavy atom. The smallest absolute Gasteiger partial charge is 0.335 e. The summed E-state index contributed by atoms with van der Waals surface area (Å²) >= 11 is 2.29. The summed E-state index contributed by atoms with van der Waals surface area (Å²) in [5.74, 6) is -0.895. The fourth-order valence-corrected chi connectivity index (χ4v) is 2.43. The van der Waals surface area contributed by atoms with Gasteiger partial charge >= 0.3 is 5.97 Å². The van der Waals surface area contributed by atoms with E-state index in [9.17, 15) is 4.79 Å². The van der Waals surface area contributed by atoms with Crippen molar-refractivity contribution in [3.05, 3.63) is 62.7 Å². The molecule has 19 heavy (non-hydrogen) atoms. The molecule has 0 saturated heterocycles. The maximum absolute atomic E-state index is 10.8. The van der Waals surface area contributed by atoms with Crippen LogP contribution in [0.1, 0.15) is 21.5 Å². The lowest BCUT2D eigenvalue weighted by Crippen LogP contribution is -2.02. The second-order valence-corrected chi connectivity index (χ2v) is 5.56. The van der Waals surface area contributed by atoms with Gasteiger partial charge in [0.15, 0.2) is 0 Å². The third-order valence-electron chi connectivity index (χ3n) is 2.87. The molecule has 0 aliphatic rings. The van der Waals surface area contributed by atoms with Crippen molar-refractivity contribution >= 4 is 34.2 Å². The lowest BCUT2D eigenvalue weighted by molar-refractivity contribution is 0.0697. The first-order valence-electron chi connectivity index (χ1n) is 5.88. The molecule has 0 aromatic heterocycles. The fraction of sp³-hybridized carbons (Fsp3) is 0.133. The minimum atomic E-state index is -0.895. The van der Waals surface area contributed by atoms with Crippen molar-refractivity contribution in [3.63, 3.8) is 0 Å². The van der Waals surface area contributed by atoms with Gasteiger partial charge in [-0.3, -0.25) is 0 Å². The van der Waals surface area contributed by atoms with Crippen molar-refractivity contribution < 1.29 is 9.90 Å². The first kappa shape index (κ1) is 13.9. The minimum absolute atomic E-state index is 0.314. The molecule has 2 N–H and O–H groups in total. The van der Waals surface area contributed by atoms with Crippen molar-refractivity contribution in [1.29, 1.82) is 0 Å². The van der Waals surface area contributed by atoms with Crippen LogP contribution in [0.2, 0.25) is 0 Å². The highest BCUT2D eigenvalue weighted by atomic mass is 127. The van der Waals surface area contributed by atoms with E-state index in [2.05, 4.69) is 53.0 Å². The molecule has 3 nitrogen and oxygen atoms in total. The molecule has 0 atom stereocenters. The summed E-state index contributed by atoms with van der Waals surface area (Å²) in [4.78, 5) is 10.8. The molecule has 0 heterocycles. The Kier molecular flexibility index (Phi) is 4.42. The molecule has 2 rings (SSSR count). The molecular formula is C15H14INO2. The van der Waals surface area contributed by atoms with Crippen molar-refractivity contribution in [3.8, 4) is 0 Å². The topological polar surface area (TPSA) is 49.3 Å². The maximum Gasteiger partial charge on any atom is 0.335 e. The van der Waals surface area contributed by atoms with Gasteiger partial charge in [-0.05, 0) is 71.0 Å². The third kappa shape index (κ3) is 3.70. The van der Waals surface area contributed by atoms with Crippen LogP contribution in [0.25, 0.3) is 0 Å². The van der Waals surface area contributed by atoms with Crippen molar-refractivity contribution in [2.24, 2.45) is 0 Å². The first-order valence-corrected chi connectivity index (χ1v) is 6.96. The number of aryl methyl sites for hydroxylation is 1. The second-order valence-electron chi connectivity index (χ2n) is 4.31. The molecule has 98 valence electrons. The molecule has 0 radical (unpaired) electrons. The van der Waals surface area contributed by atoms with Crippen LogP contribution < -0.4 is 5.32 Å². The Labute approximate surface area is 125 Å². The number of halogens is 1. The van der Waals surface area contributed by atoms with Crippen LogP contribution in [0.4, 0.5) is 5.69 Å². The van der Waals surface area contributed by atoms with E-state index in [1.165, 1.54) is 9.13 Å². The Hall–Kier alpha value is -1.56. The molecule has 0 unspecified atom stereocenters. The number of anilines is 1. The molecular weight excluding hydrogens is 353 g/mol. The van der Waals surface area contributed by atoms with Gasteiger partial charge < -0.3 is 10.4 Å². The second kappa shape index (κ2) is 6.06. The highest BCUT2D eigenvalue weighted by Crippen LogP contribution is 2.18. The van der Waals surface area contributed by atoms with Gasteiger partial charge in [-0.15, -0.1) is 0 Å². The van der Waals surface area contributed by atoms with Crippen LogP contribution >= 0.6 is 22.6 Å². The number of carboxylic acid groups (broad SMARTS) is 1. The number of hydrogen-bond donors (Lipinski definition) is 2. The summed E-state index contributed by atoms with van der Waals surface area (Å²) in [5.41, 5.74) is 3.67. The van der Waals surface area contributed by atoms with Crippen molar-refractivity contribution in [2.75, 3.05) is 5.32 Å². The van der Waals surface area contributed by atoms with Crippen LogP contribution in [0, 0.1) is 10.5 Å². The zero-order valence-corrected chi connectivity index (χ0v) is 12.6. The molecule has 0 spiro atoms. The van der Waals surface area contributed by atoms with Gasteiger partial charge in [0, 0.05) is 15.8 Å². The van der Waals surface area contributed by atoms with Gasteiger partial charge in [0.1, 0.15) is 0 Å². The van der Waals surface area contributed by atoms with E-state index in [-0.39, 0.29) is 0 Å². The summed E-state index contributed by atoms with van der Waals surface area (Å²) in [6, 6.07) is 13.2. The number of rotatable bonds is 4. The van der Waals surface area contributed by atoms with Gasteiger partial charge in [0.2, 0.25) is 0 Å². The van der Waals surface area contributed by atoms with Crippen LogP contribution in [-0.2, 0) is 6.54 Å². The lowest BCUT2D eigenvalue weighted by Gasteiger charge is -2.10.